The Balaban J connectivity index is 2.57. The molecule has 0 saturated heterocycles. The van der Waals surface area contributed by atoms with Gasteiger partial charge in [0.1, 0.15) is 6.61 Å². The summed E-state index contributed by atoms with van der Waals surface area (Å²) in [7, 11) is 0. The van der Waals surface area contributed by atoms with Crippen molar-refractivity contribution in [3.8, 4) is 0 Å². The standard InChI is InChI=1S/C13H19F2NO4/c1-2-7-20-12(19)16-10(8-11(17)18)9-3-5-13(14,15)6-4-9/h2,9-10H,1,3-8H2,(H,16,19)(H,17,18). The van der Waals surface area contributed by atoms with E-state index in [1.807, 2.05) is 0 Å². The lowest BCUT2D eigenvalue weighted by atomic mass is 9.81. The van der Waals surface area contributed by atoms with Gasteiger partial charge in [-0.05, 0) is 18.8 Å². The van der Waals surface area contributed by atoms with Crippen LogP contribution in [-0.4, -0.2) is 35.7 Å². The number of hydrogen-bond acceptors (Lipinski definition) is 3. The lowest BCUT2D eigenvalue weighted by Gasteiger charge is -2.33. The van der Waals surface area contributed by atoms with E-state index in [1.54, 1.807) is 0 Å². The van der Waals surface area contributed by atoms with Gasteiger partial charge in [-0.3, -0.25) is 4.79 Å². The fraction of sp³-hybridized carbons (Fsp3) is 0.692. The maximum Gasteiger partial charge on any atom is 0.407 e. The first-order valence-electron chi connectivity index (χ1n) is 6.48. The monoisotopic (exact) mass is 291 g/mol. The number of hydrogen-bond donors (Lipinski definition) is 2. The minimum atomic E-state index is -2.69. The van der Waals surface area contributed by atoms with E-state index in [4.69, 9.17) is 9.84 Å². The molecule has 1 atom stereocenters. The molecule has 0 aromatic heterocycles. The molecular formula is C13H19F2NO4. The summed E-state index contributed by atoms with van der Waals surface area (Å²) in [5.41, 5.74) is 0. The molecule has 1 amide bonds. The molecule has 0 aliphatic heterocycles. The molecule has 0 heterocycles. The van der Waals surface area contributed by atoms with Gasteiger partial charge in [-0.2, -0.15) is 0 Å². The molecule has 0 aromatic carbocycles. The number of alkyl halides is 2. The van der Waals surface area contributed by atoms with E-state index >= 15 is 0 Å². The molecule has 1 unspecified atom stereocenters. The number of ether oxygens (including phenoxy) is 1. The van der Waals surface area contributed by atoms with Crippen molar-refractivity contribution in [2.45, 2.75) is 44.1 Å². The van der Waals surface area contributed by atoms with Crippen molar-refractivity contribution < 1.29 is 28.2 Å². The van der Waals surface area contributed by atoms with Crippen molar-refractivity contribution in [3.05, 3.63) is 12.7 Å². The largest absolute Gasteiger partial charge is 0.481 e. The van der Waals surface area contributed by atoms with E-state index < -0.39 is 24.0 Å². The fourth-order valence-corrected chi connectivity index (χ4v) is 2.32. The molecule has 0 bridgehead atoms. The van der Waals surface area contributed by atoms with Crippen LogP contribution >= 0.6 is 0 Å². The van der Waals surface area contributed by atoms with Gasteiger partial charge in [-0.1, -0.05) is 12.7 Å². The number of carbonyl (C=O) groups excluding carboxylic acids is 1. The number of rotatable bonds is 6. The quantitative estimate of drug-likeness (QED) is 0.737. The first-order chi connectivity index (χ1) is 9.34. The normalized spacial score (nSPS) is 19.9. The maximum absolute atomic E-state index is 13.1. The van der Waals surface area contributed by atoms with E-state index in [9.17, 15) is 18.4 Å². The second-order valence-electron chi connectivity index (χ2n) is 4.93. The van der Waals surface area contributed by atoms with Crippen molar-refractivity contribution in [2.75, 3.05) is 6.61 Å². The molecule has 0 radical (unpaired) electrons. The van der Waals surface area contributed by atoms with Gasteiger partial charge in [0.25, 0.3) is 0 Å². The minimum Gasteiger partial charge on any atom is -0.481 e. The van der Waals surface area contributed by atoms with Crippen molar-refractivity contribution in [1.82, 2.24) is 5.32 Å². The van der Waals surface area contributed by atoms with Gasteiger partial charge in [-0.25, -0.2) is 13.6 Å². The molecule has 7 heteroatoms. The second kappa shape index (κ2) is 7.21. The Labute approximate surface area is 116 Å². The number of amides is 1. The average molecular weight is 291 g/mol. The van der Waals surface area contributed by atoms with Gasteiger partial charge in [-0.15, -0.1) is 0 Å². The summed E-state index contributed by atoms with van der Waals surface area (Å²) in [6.07, 6.45) is 0.133. The molecule has 20 heavy (non-hydrogen) atoms. The summed E-state index contributed by atoms with van der Waals surface area (Å²) >= 11 is 0. The molecule has 1 saturated carbocycles. The number of carboxylic acids is 1. The average Bonchev–Trinajstić information content (AvgIpc) is 2.35. The third-order valence-electron chi connectivity index (χ3n) is 3.36. The zero-order valence-corrected chi connectivity index (χ0v) is 11.1. The smallest absolute Gasteiger partial charge is 0.407 e. The number of alkyl carbamates (subject to hydrolysis) is 1. The summed E-state index contributed by atoms with van der Waals surface area (Å²) in [4.78, 5) is 22.3. The van der Waals surface area contributed by atoms with Crippen LogP contribution in [0.2, 0.25) is 0 Å². The molecule has 1 aliphatic carbocycles. The van der Waals surface area contributed by atoms with Crippen molar-refractivity contribution in [3.63, 3.8) is 0 Å². The summed E-state index contributed by atoms with van der Waals surface area (Å²) in [6, 6.07) is -0.694. The number of aliphatic carboxylic acids is 1. The van der Waals surface area contributed by atoms with Crippen LogP contribution in [0.4, 0.5) is 13.6 Å². The molecule has 114 valence electrons. The van der Waals surface area contributed by atoms with Gasteiger partial charge in [0.05, 0.1) is 6.42 Å². The highest BCUT2D eigenvalue weighted by molar-refractivity contribution is 5.71. The predicted octanol–water partition coefficient (Wildman–Crippen LogP) is 2.57. The van der Waals surface area contributed by atoms with Crippen LogP contribution in [0.3, 0.4) is 0 Å². The molecule has 1 fully saturated rings. The Hall–Kier alpha value is -1.66. The van der Waals surface area contributed by atoms with Crippen LogP contribution in [0, 0.1) is 5.92 Å². The molecule has 1 rings (SSSR count). The van der Waals surface area contributed by atoms with E-state index in [2.05, 4.69) is 11.9 Å². The fourth-order valence-electron chi connectivity index (χ4n) is 2.32. The van der Waals surface area contributed by atoms with Crippen molar-refractivity contribution >= 4 is 12.1 Å². The van der Waals surface area contributed by atoms with Crippen LogP contribution in [0.15, 0.2) is 12.7 Å². The predicted molar refractivity (Wildman–Crippen MR) is 67.6 cm³/mol. The Kier molecular flexibility index (Phi) is 5.91. The maximum atomic E-state index is 13.1. The van der Waals surface area contributed by atoms with Crippen molar-refractivity contribution in [1.29, 1.82) is 0 Å². The van der Waals surface area contributed by atoms with Gasteiger partial charge in [0.2, 0.25) is 5.92 Å². The third kappa shape index (κ3) is 5.54. The number of halogens is 2. The van der Waals surface area contributed by atoms with Gasteiger partial charge in [0, 0.05) is 18.9 Å². The van der Waals surface area contributed by atoms with Crippen LogP contribution in [-0.2, 0) is 9.53 Å². The van der Waals surface area contributed by atoms with Gasteiger partial charge in [0.15, 0.2) is 0 Å². The van der Waals surface area contributed by atoms with Crippen LogP contribution < -0.4 is 5.32 Å². The highest BCUT2D eigenvalue weighted by Crippen LogP contribution is 2.38. The third-order valence-corrected chi connectivity index (χ3v) is 3.36. The Morgan fingerprint density at radius 2 is 2.05 bits per heavy atom. The molecular weight excluding hydrogens is 272 g/mol. The van der Waals surface area contributed by atoms with E-state index in [1.165, 1.54) is 6.08 Å². The molecule has 2 N–H and O–H groups in total. The van der Waals surface area contributed by atoms with Crippen LogP contribution in [0.5, 0.6) is 0 Å². The molecule has 0 aromatic rings. The highest BCUT2D eigenvalue weighted by Gasteiger charge is 2.38. The Morgan fingerprint density at radius 3 is 2.55 bits per heavy atom. The molecule has 5 nitrogen and oxygen atoms in total. The van der Waals surface area contributed by atoms with Crippen LogP contribution in [0.1, 0.15) is 32.1 Å². The number of carbonyl (C=O) groups is 2. The highest BCUT2D eigenvalue weighted by atomic mass is 19.3. The lowest BCUT2D eigenvalue weighted by Crippen LogP contribution is -2.44. The van der Waals surface area contributed by atoms with Crippen LogP contribution in [0.25, 0.3) is 0 Å². The zero-order chi connectivity index (χ0) is 15.2. The first-order valence-corrected chi connectivity index (χ1v) is 6.48. The molecule has 0 spiro atoms. The topological polar surface area (TPSA) is 75.6 Å². The van der Waals surface area contributed by atoms with Gasteiger partial charge >= 0.3 is 12.1 Å². The summed E-state index contributed by atoms with van der Waals surface area (Å²) in [6.45, 7) is 3.39. The lowest BCUT2D eigenvalue weighted by molar-refractivity contribution is -0.138. The summed E-state index contributed by atoms with van der Waals surface area (Å²) < 4.78 is 30.9. The van der Waals surface area contributed by atoms with E-state index in [0.29, 0.717) is 0 Å². The zero-order valence-electron chi connectivity index (χ0n) is 11.1. The van der Waals surface area contributed by atoms with Gasteiger partial charge < -0.3 is 15.2 Å². The summed E-state index contributed by atoms with van der Waals surface area (Å²) in [5, 5.41) is 11.3. The summed E-state index contributed by atoms with van der Waals surface area (Å²) in [5.74, 6) is -4.05. The molecule has 1 aliphatic rings. The minimum absolute atomic E-state index is 0.00830. The number of carboxylic acid groups (broad SMARTS) is 1. The Bertz CT molecular complexity index is 363. The van der Waals surface area contributed by atoms with E-state index in [0.717, 1.165) is 0 Å². The second-order valence-corrected chi connectivity index (χ2v) is 4.93. The van der Waals surface area contributed by atoms with Crippen molar-refractivity contribution in [2.24, 2.45) is 5.92 Å². The number of nitrogens with one attached hydrogen (secondary N) is 1. The first kappa shape index (κ1) is 16.4. The SMILES string of the molecule is C=CCOC(=O)NC(CC(=O)O)C1CCC(F)(F)CC1. The van der Waals surface area contributed by atoms with E-state index in [-0.39, 0.29) is 44.6 Å². The Morgan fingerprint density at radius 1 is 1.45 bits per heavy atom.